The first-order valence-electron chi connectivity index (χ1n) is 7.42. The van der Waals surface area contributed by atoms with Gasteiger partial charge in [-0.2, -0.15) is 0 Å². The summed E-state index contributed by atoms with van der Waals surface area (Å²) in [4.78, 5) is 4.72. The molecule has 2 nitrogen and oxygen atoms in total. The highest BCUT2D eigenvalue weighted by Gasteiger charge is 2.15. The van der Waals surface area contributed by atoms with Crippen molar-refractivity contribution in [3.63, 3.8) is 0 Å². The number of rotatable bonds is 5. The molecule has 0 aliphatic heterocycles. The zero-order chi connectivity index (χ0) is 13.1. The first kappa shape index (κ1) is 13.1. The van der Waals surface area contributed by atoms with E-state index in [4.69, 9.17) is 4.98 Å². The molecule has 1 fully saturated rings. The highest BCUT2D eigenvalue weighted by Crippen LogP contribution is 2.28. The summed E-state index contributed by atoms with van der Waals surface area (Å²) in [6.07, 6.45) is 7.10. The largest absolute Gasteiger partial charge is 0.308 e. The van der Waals surface area contributed by atoms with Gasteiger partial charge in [-0.25, -0.2) is 4.98 Å². The van der Waals surface area contributed by atoms with E-state index in [1.807, 2.05) is 11.3 Å². The molecule has 3 heteroatoms. The second kappa shape index (κ2) is 6.02. The molecule has 1 unspecified atom stereocenters. The lowest BCUT2D eigenvalue weighted by Crippen LogP contribution is -2.21. The van der Waals surface area contributed by atoms with E-state index in [1.54, 1.807) is 0 Å². The minimum Gasteiger partial charge on any atom is -0.308 e. The molecule has 1 atom stereocenters. The third-order valence-corrected chi connectivity index (χ3v) is 5.38. The Morgan fingerprint density at radius 3 is 2.89 bits per heavy atom. The van der Waals surface area contributed by atoms with Gasteiger partial charge in [-0.1, -0.05) is 37.8 Å². The van der Waals surface area contributed by atoms with Crippen molar-refractivity contribution in [2.75, 3.05) is 6.54 Å². The van der Waals surface area contributed by atoms with Crippen LogP contribution in [0.25, 0.3) is 10.2 Å². The highest BCUT2D eigenvalue weighted by atomic mass is 32.1. The van der Waals surface area contributed by atoms with Gasteiger partial charge in [-0.15, -0.1) is 11.3 Å². The number of nitrogens with one attached hydrogen (secondary N) is 1. The van der Waals surface area contributed by atoms with Crippen molar-refractivity contribution in [3.05, 3.63) is 29.3 Å². The van der Waals surface area contributed by atoms with Gasteiger partial charge in [0.05, 0.1) is 16.3 Å². The standard InChI is InChI=1S/C16H22N2S/c1-12(17-11-10-13-6-2-3-7-13)16-18-14-8-4-5-9-15(14)19-16/h4-5,8-9,12-13,17H,2-3,6-7,10-11H2,1H3. The summed E-state index contributed by atoms with van der Waals surface area (Å²) >= 11 is 1.81. The van der Waals surface area contributed by atoms with E-state index < -0.39 is 0 Å². The van der Waals surface area contributed by atoms with E-state index in [1.165, 1.54) is 41.8 Å². The fourth-order valence-corrected chi connectivity index (χ4v) is 3.96. The van der Waals surface area contributed by atoms with Crippen LogP contribution in [0, 0.1) is 5.92 Å². The summed E-state index contributed by atoms with van der Waals surface area (Å²) in [5, 5.41) is 4.85. The quantitative estimate of drug-likeness (QED) is 0.866. The average Bonchev–Trinajstić information content (AvgIpc) is 3.07. The van der Waals surface area contributed by atoms with Crippen LogP contribution in [0.4, 0.5) is 0 Å². The van der Waals surface area contributed by atoms with E-state index in [0.717, 1.165) is 18.0 Å². The Kier molecular flexibility index (Phi) is 4.14. The Morgan fingerprint density at radius 1 is 1.32 bits per heavy atom. The lowest BCUT2D eigenvalue weighted by Gasteiger charge is -2.13. The summed E-state index contributed by atoms with van der Waals surface area (Å²) in [6, 6.07) is 8.77. The number of hydrogen-bond acceptors (Lipinski definition) is 3. The van der Waals surface area contributed by atoms with Crippen LogP contribution >= 0.6 is 11.3 Å². The molecule has 19 heavy (non-hydrogen) atoms. The first-order valence-corrected chi connectivity index (χ1v) is 8.23. The molecule has 1 heterocycles. The second-order valence-electron chi connectivity index (χ2n) is 5.63. The smallest absolute Gasteiger partial charge is 0.111 e. The molecule has 0 radical (unpaired) electrons. The normalized spacial score (nSPS) is 18.2. The van der Waals surface area contributed by atoms with Gasteiger partial charge in [0, 0.05) is 0 Å². The summed E-state index contributed by atoms with van der Waals surface area (Å²) in [5.74, 6) is 0.968. The van der Waals surface area contributed by atoms with Gasteiger partial charge in [0.15, 0.2) is 0 Å². The van der Waals surface area contributed by atoms with Crippen molar-refractivity contribution in [2.24, 2.45) is 5.92 Å². The second-order valence-corrected chi connectivity index (χ2v) is 6.70. The van der Waals surface area contributed by atoms with Gasteiger partial charge in [0.2, 0.25) is 0 Å². The molecular formula is C16H22N2S. The predicted molar refractivity (Wildman–Crippen MR) is 82.6 cm³/mol. The van der Waals surface area contributed by atoms with Gasteiger partial charge in [-0.3, -0.25) is 0 Å². The number of nitrogens with zero attached hydrogens (tertiary/aromatic N) is 1. The Bertz CT molecular complexity index is 495. The van der Waals surface area contributed by atoms with Crippen LogP contribution in [0.1, 0.15) is 50.1 Å². The van der Waals surface area contributed by atoms with Crippen molar-refractivity contribution in [2.45, 2.75) is 45.1 Å². The van der Waals surface area contributed by atoms with Crippen LogP contribution in [-0.2, 0) is 0 Å². The molecule has 2 aromatic rings. The van der Waals surface area contributed by atoms with Gasteiger partial charge in [-0.05, 0) is 37.9 Å². The highest BCUT2D eigenvalue weighted by molar-refractivity contribution is 7.18. The third-order valence-electron chi connectivity index (χ3n) is 4.16. The van der Waals surface area contributed by atoms with Gasteiger partial charge in [0.25, 0.3) is 0 Å². The molecule has 1 aromatic heterocycles. The van der Waals surface area contributed by atoms with Crippen LogP contribution < -0.4 is 5.32 Å². The molecule has 102 valence electrons. The molecule has 0 saturated heterocycles. The maximum atomic E-state index is 4.72. The minimum absolute atomic E-state index is 0.374. The van der Waals surface area contributed by atoms with Gasteiger partial charge < -0.3 is 5.32 Å². The van der Waals surface area contributed by atoms with Crippen LogP contribution in [0.3, 0.4) is 0 Å². The maximum Gasteiger partial charge on any atom is 0.111 e. The summed E-state index contributed by atoms with van der Waals surface area (Å²) in [7, 11) is 0. The summed E-state index contributed by atoms with van der Waals surface area (Å²) in [6.45, 7) is 3.36. The Balaban J connectivity index is 1.55. The van der Waals surface area contributed by atoms with Crippen LogP contribution in [0.15, 0.2) is 24.3 Å². The molecule has 3 rings (SSSR count). The molecule has 1 saturated carbocycles. The van der Waals surface area contributed by atoms with E-state index in [-0.39, 0.29) is 0 Å². The monoisotopic (exact) mass is 274 g/mol. The lowest BCUT2D eigenvalue weighted by molar-refractivity contribution is 0.454. The van der Waals surface area contributed by atoms with Crippen molar-refractivity contribution in [1.82, 2.24) is 10.3 Å². The average molecular weight is 274 g/mol. The van der Waals surface area contributed by atoms with Crippen molar-refractivity contribution >= 4 is 21.6 Å². The van der Waals surface area contributed by atoms with E-state index in [0.29, 0.717) is 6.04 Å². The molecule has 0 spiro atoms. The fourth-order valence-electron chi connectivity index (χ4n) is 2.97. The number of para-hydroxylation sites is 1. The predicted octanol–water partition coefficient (Wildman–Crippen LogP) is 4.53. The van der Waals surface area contributed by atoms with E-state index >= 15 is 0 Å². The van der Waals surface area contributed by atoms with Crippen LogP contribution in [-0.4, -0.2) is 11.5 Å². The summed E-state index contributed by atoms with van der Waals surface area (Å²) < 4.78 is 1.29. The Morgan fingerprint density at radius 2 is 2.11 bits per heavy atom. The number of thiazole rings is 1. The molecule has 1 aromatic carbocycles. The van der Waals surface area contributed by atoms with Crippen LogP contribution in [0.2, 0.25) is 0 Å². The van der Waals surface area contributed by atoms with Crippen molar-refractivity contribution < 1.29 is 0 Å². The fraction of sp³-hybridized carbons (Fsp3) is 0.562. The molecule has 1 N–H and O–H groups in total. The minimum atomic E-state index is 0.374. The maximum absolute atomic E-state index is 4.72. The first-order chi connectivity index (χ1) is 9.33. The molecular weight excluding hydrogens is 252 g/mol. The Labute approximate surface area is 119 Å². The third kappa shape index (κ3) is 3.15. The lowest BCUT2D eigenvalue weighted by atomic mass is 10.0. The molecule has 0 bridgehead atoms. The zero-order valence-electron chi connectivity index (χ0n) is 11.6. The van der Waals surface area contributed by atoms with Crippen molar-refractivity contribution in [3.8, 4) is 0 Å². The van der Waals surface area contributed by atoms with Gasteiger partial charge >= 0.3 is 0 Å². The zero-order valence-corrected chi connectivity index (χ0v) is 12.4. The number of fused-ring (bicyclic) bond motifs is 1. The molecule has 0 amide bonds. The SMILES string of the molecule is CC(NCCC1CCCC1)c1nc2ccccc2s1. The Hall–Kier alpha value is -0.930. The van der Waals surface area contributed by atoms with E-state index in [9.17, 15) is 0 Å². The molecule has 1 aliphatic rings. The van der Waals surface area contributed by atoms with Crippen LogP contribution in [0.5, 0.6) is 0 Å². The van der Waals surface area contributed by atoms with Crippen molar-refractivity contribution in [1.29, 1.82) is 0 Å². The number of hydrogen-bond donors (Lipinski definition) is 1. The van der Waals surface area contributed by atoms with E-state index in [2.05, 4.69) is 36.5 Å². The number of aromatic nitrogens is 1. The molecule has 1 aliphatic carbocycles. The summed E-state index contributed by atoms with van der Waals surface area (Å²) in [5.41, 5.74) is 1.13. The topological polar surface area (TPSA) is 24.9 Å². The number of benzene rings is 1. The van der Waals surface area contributed by atoms with Gasteiger partial charge in [0.1, 0.15) is 5.01 Å².